The molecule has 0 heterocycles. The minimum absolute atomic E-state index is 0.0192. The van der Waals surface area contributed by atoms with Crippen LogP contribution in [0.15, 0.2) is 48.5 Å². The summed E-state index contributed by atoms with van der Waals surface area (Å²) >= 11 is 0. The fraction of sp³-hybridized carbons (Fsp3) is 0.350. The Kier molecular flexibility index (Phi) is 6.83. The lowest BCUT2D eigenvalue weighted by molar-refractivity contribution is -0.120. The second-order valence-electron chi connectivity index (χ2n) is 6.27. The highest BCUT2D eigenvalue weighted by molar-refractivity contribution is 5.81. The Labute approximate surface area is 149 Å². The molecule has 2 rings (SSSR count). The van der Waals surface area contributed by atoms with Gasteiger partial charge in [0.25, 0.3) is 0 Å². The van der Waals surface area contributed by atoms with Crippen LogP contribution >= 0.6 is 0 Å². The van der Waals surface area contributed by atoms with Crippen molar-refractivity contribution in [3.05, 3.63) is 59.7 Å². The summed E-state index contributed by atoms with van der Waals surface area (Å²) in [4.78, 5) is 12.3. The van der Waals surface area contributed by atoms with Gasteiger partial charge in [-0.2, -0.15) is 0 Å². The molecule has 0 aliphatic carbocycles. The Hall–Kier alpha value is -2.53. The van der Waals surface area contributed by atoms with Gasteiger partial charge in [0.05, 0.1) is 26.3 Å². The maximum absolute atomic E-state index is 12.3. The largest absolute Gasteiger partial charge is 0.497 e. The molecule has 1 atom stereocenters. The van der Waals surface area contributed by atoms with Crippen LogP contribution in [0.5, 0.6) is 5.75 Å². The molecule has 0 aliphatic heterocycles. The molecule has 0 radical (unpaired) electrons. The van der Waals surface area contributed by atoms with E-state index in [1.54, 1.807) is 7.11 Å². The lowest BCUT2D eigenvalue weighted by Gasteiger charge is -2.23. The maximum Gasteiger partial charge on any atom is 0.239 e. The first-order valence-corrected chi connectivity index (χ1v) is 8.40. The number of carbonyl (C=O) groups excluding carboxylic acids is 1. The first kappa shape index (κ1) is 18.8. The van der Waals surface area contributed by atoms with Crippen molar-refractivity contribution in [2.75, 3.05) is 19.0 Å². The molecule has 0 fully saturated rings. The molecule has 2 aromatic carbocycles. The van der Waals surface area contributed by atoms with Gasteiger partial charge in [0.15, 0.2) is 0 Å². The molecule has 0 spiro atoms. The summed E-state index contributed by atoms with van der Waals surface area (Å²) in [5, 5.41) is 15.3. The summed E-state index contributed by atoms with van der Waals surface area (Å²) in [6, 6.07) is 15.1. The van der Waals surface area contributed by atoms with E-state index in [1.165, 1.54) is 0 Å². The molecular weight excluding hydrogens is 316 g/mol. The van der Waals surface area contributed by atoms with Crippen LogP contribution < -0.4 is 15.4 Å². The van der Waals surface area contributed by atoms with E-state index in [0.29, 0.717) is 0 Å². The molecule has 0 aromatic heterocycles. The number of hydrogen-bond acceptors (Lipinski definition) is 4. The molecule has 5 nitrogen and oxygen atoms in total. The number of amides is 1. The van der Waals surface area contributed by atoms with Gasteiger partial charge in [0.1, 0.15) is 5.75 Å². The normalized spacial score (nSPS) is 11.9. The molecule has 2 aromatic rings. The van der Waals surface area contributed by atoms with Crippen LogP contribution in [-0.4, -0.2) is 24.7 Å². The van der Waals surface area contributed by atoms with E-state index in [0.717, 1.165) is 22.6 Å². The second-order valence-corrected chi connectivity index (χ2v) is 6.27. The molecule has 0 aliphatic rings. The van der Waals surface area contributed by atoms with Crippen molar-refractivity contribution in [3.63, 3.8) is 0 Å². The van der Waals surface area contributed by atoms with Crippen molar-refractivity contribution < 1.29 is 14.6 Å². The fourth-order valence-electron chi connectivity index (χ4n) is 2.63. The predicted molar refractivity (Wildman–Crippen MR) is 99.6 cm³/mol. The van der Waals surface area contributed by atoms with Gasteiger partial charge in [-0.1, -0.05) is 38.1 Å². The van der Waals surface area contributed by atoms with Crippen molar-refractivity contribution in [1.29, 1.82) is 0 Å². The average molecular weight is 342 g/mol. The predicted octanol–water partition coefficient (Wildman–Crippen LogP) is 3.11. The zero-order chi connectivity index (χ0) is 18.2. The smallest absolute Gasteiger partial charge is 0.239 e. The molecule has 25 heavy (non-hydrogen) atoms. The van der Waals surface area contributed by atoms with Gasteiger partial charge < -0.3 is 20.5 Å². The number of ether oxygens (including phenoxy) is 1. The van der Waals surface area contributed by atoms with E-state index in [1.807, 2.05) is 48.5 Å². The van der Waals surface area contributed by atoms with Crippen LogP contribution in [0.1, 0.15) is 31.0 Å². The summed E-state index contributed by atoms with van der Waals surface area (Å²) in [6.07, 6.45) is 0. The number of hydrogen-bond donors (Lipinski definition) is 3. The summed E-state index contributed by atoms with van der Waals surface area (Å²) in [6.45, 7) is 4.31. The van der Waals surface area contributed by atoms with Crippen molar-refractivity contribution >= 4 is 11.6 Å². The van der Waals surface area contributed by atoms with E-state index in [-0.39, 0.29) is 31.0 Å². The van der Waals surface area contributed by atoms with Crippen LogP contribution in [-0.2, 0) is 11.4 Å². The zero-order valence-electron chi connectivity index (χ0n) is 15.0. The number of carbonyl (C=O) groups is 1. The van der Waals surface area contributed by atoms with Gasteiger partial charge in [-0.15, -0.1) is 0 Å². The standard InChI is InChI=1S/C20H26N2O3/c1-14(2)20(16-7-9-18(25-3)10-8-16)22-19(24)12-21-17-6-4-5-15(11-17)13-23/h4-11,14,20-21,23H,12-13H2,1-3H3,(H,22,24). The molecule has 0 bridgehead atoms. The van der Waals surface area contributed by atoms with Crippen LogP contribution in [0.4, 0.5) is 5.69 Å². The minimum atomic E-state index is -0.0797. The number of benzene rings is 2. The molecule has 1 amide bonds. The summed E-state index contributed by atoms with van der Waals surface area (Å²) in [5.41, 5.74) is 2.67. The third-order valence-electron chi connectivity index (χ3n) is 4.02. The summed E-state index contributed by atoms with van der Waals surface area (Å²) < 4.78 is 5.18. The van der Waals surface area contributed by atoms with E-state index in [9.17, 15) is 4.79 Å². The maximum atomic E-state index is 12.3. The Bertz CT molecular complexity index is 684. The van der Waals surface area contributed by atoms with Crippen LogP contribution in [0.25, 0.3) is 0 Å². The molecule has 1 unspecified atom stereocenters. The highest BCUT2D eigenvalue weighted by Crippen LogP contribution is 2.23. The van der Waals surface area contributed by atoms with Gasteiger partial charge >= 0.3 is 0 Å². The molecule has 0 saturated heterocycles. The monoisotopic (exact) mass is 342 g/mol. The van der Waals surface area contributed by atoms with E-state index < -0.39 is 0 Å². The lowest BCUT2D eigenvalue weighted by Crippen LogP contribution is -2.35. The summed E-state index contributed by atoms with van der Waals surface area (Å²) in [7, 11) is 1.63. The Balaban J connectivity index is 1.97. The van der Waals surface area contributed by atoms with Crippen molar-refractivity contribution in [3.8, 4) is 5.75 Å². The fourth-order valence-corrected chi connectivity index (χ4v) is 2.63. The lowest BCUT2D eigenvalue weighted by atomic mass is 9.96. The highest BCUT2D eigenvalue weighted by Gasteiger charge is 2.18. The number of nitrogens with one attached hydrogen (secondary N) is 2. The number of rotatable bonds is 8. The van der Waals surface area contributed by atoms with E-state index in [4.69, 9.17) is 9.84 Å². The van der Waals surface area contributed by atoms with Crippen molar-refractivity contribution in [2.45, 2.75) is 26.5 Å². The van der Waals surface area contributed by atoms with Crippen LogP contribution in [0.2, 0.25) is 0 Å². The molecule has 134 valence electrons. The van der Waals surface area contributed by atoms with Crippen LogP contribution in [0.3, 0.4) is 0 Å². The number of aliphatic hydroxyl groups excluding tert-OH is 1. The molecule has 3 N–H and O–H groups in total. The van der Waals surface area contributed by atoms with Crippen molar-refractivity contribution in [2.24, 2.45) is 5.92 Å². The number of anilines is 1. The first-order valence-electron chi connectivity index (χ1n) is 8.40. The second kappa shape index (κ2) is 9.08. The van der Waals surface area contributed by atoms with Gasteiger partial charge in [0.2, 0.25) is 5.91 Å². The molecular formula is C20H26N2O3. The first-order chi connectivity index (χ1) is 12.0. The highest BCUT2D eigenvalue weighted by atomic mass is 16.5. The minimum Gasteiger partial charge on any atom is -0.497 e. The van der Waals surface area contributed by atoms with E-state index in [2.05, 4.69) is 24.5 Å². The third kappa shape index (κ3) is 5.50. The molecule has 5 heteroatoms. The average Bonchev–Trinajstić information content (AvgIpc) is 2.64. The summed E-state index contributed by atoms with van der Waals surface area (Å²) in [5.74, 6) is 0.974. The Morgan fingerprint density at radius 3 is 2.48 bits per heavy atom. The number of aliphatic hydroxyl groups is 1. The molecule has 0 saturated carbocycles. The zero-order valence-corrected chi connectivity index (χ0v) is 15.0. The number of methoxy groups -OCH3 is 1. The van der Waals surface area contributed by atoms with Crippen LogP contribution in [0, 0.1) is 5.92 Å². The van der Waals surface area contributed by atoms with Gasteiger partial charge in [-0.3, -0.25) is 4.79 Å². The SMILES string of the molecule is COc1ccc(C(NC(=O)CNc2cccc(CO)c2)C(C)C)cc1. The van der Waals surface area contributed by atoms with Gasteiger partial charge in [-0.05, 0) is 41.3 Å². The van der Waals surface area contributed by atoms with Crippen molar-refractivity contribution in [1.82, 2.24) is 5.32 Å². The quantitative estimate of drug-likeness (QED) is 0.689. The Morgan fingerprint density at radius 2 is 1.88 bits per heavy atom. The van der Waals surface area contributed by atoms with Gasteiger partial charge in [-0.25, -0.2) is 0 Å². The van der Waals surface area contributed by atoms with Gasteiger partial charge in [0, 0.05) is 5.69 Å². The topological polar surface area (TPSA) is 70.6 Å². The third-order valence-corrected chi connectivity index (χ3v) is 4.02. The van der Waals surface area contributed by atoms with E-state index >= 15 is 0 Å². The Morgan fingerprint density at radius 1 is 1.16 bits per heavy atom.